The average molecular weight is 289 g/mol. The predicted molar refractivity (Wildman–Crippen MR) is 84.6 cm³/mol. The third kappa shape index (κ3) is 2.95. The Balaban J connectivity index is 1.82. The van der Waals surface area contributed by atoms with E-state index in [1.807, 2.05) is 12.1 Å². The molecule has 1 fully saturated rings. The molecule has 1 N–H and O–H groups in total. The van der Waals surface area contributed by atoms with Gasteiger partial charge in [-0.15, -0.1) is 0 Å². The van der Waals surface area contributed by atoms with Crippen LogP contribution in [0.25, 0.3) is 0 Å². The normalized spacial score (nSPS) is 33.5. The summed E-state index contributed by atoms with van der Waals surface area (Å²) in [4.78, 5) is 2.52. The Morgan fingerprint density at radius 2 is 1.90 bits per heavy atom. The van der Waals surface area contributed by atoms with Crippen LogP contribution in [0.4, 0.5) is 0 Å². The van der Waals surface area contributed by atoms with Crippen LogP contribution in [-0.4, -0.2) is 36.2 Å². The van der Waals surface area contributed by atoms with Crippen molar-refractivity contribution in [2.75, 3.05) is 20.2 Å². The SMILES string of the molecule is COc1ccc2c(c1)C(O)C(N1CC(C)CC(C)C1)CC2. The predicted octanol–water partition coefficient (Wildman–Crippen LogP) is 3.02. The van der Waals surface area contributed by atoms with Crippen LogP contribution >= 0.6 is 0 Å². The molecule has 0 amide bonds. The summed E-state index contributed by atoms with van der Waals surface area (Å²) in [5.41, 5.74) is 2.34. The fraction of sp³-hybridized carbons (Fsp3) is 0.667. The van der Waals surface area contributed by atoms with Gasteiger partial charge in [0.15, 0.2) is 0 Å². The summed E-state index contributed by atoms with van der Waals surface area (Å²) < 4.78 is 5.32. The van der Waals surface area contributed by atoms with Gasteiger partial charge in [-0.05, 0) is 54.4 Å². The molecule has 0 saturated carbocycles. The highest BCUT2D eigenvalue weighted by Gasteiger charge is 2.35. The maximum Gasteiger partial charge on any atom is 0.119 e. The second kappa shape index (κ2) is 5.98. The molecule has 116 valence electrons. The van der Waals surface area contributed by atoms with Crippen LogP contribution in [0.3, 0.4) is 0 Å². The molecule has 0 spiro atoms. The minimum absolute atomic E-state index is 0.259. The van der Waals surface area contributed by atoms with Crippen molar-refractivity contribution in [2.45, 2.75) is 45.3 Å². The van der Waals surface area contributed by atoms with Gasteiger partial charge in [0.2, 0.25) is 0 Å². The molecular weight excluding hydrogens is 262 g/mol. The lowest BCUT2D eigenvalue weighted by molar-refractivity contribution is 0.00258. The second-order valence-corrected chi connectivity index (χ2v) is 7.02. The molecule has 4 unspecified atom stereocenters. The van der Waals surface area contributed by atoms with Crippen molar-refractivity contribution in [3.8, 4) is 5.75 Å². The van der Waals surface area contributed by atoms with Gasteiger partial charge in [0.05, 0.1) is 13.2 Å². The number of aliphatic hydroxyl groups is 1. The zero-order chi connectivity index (χ0) is 15.0. The molecule has 1 aromatic rings. The highest BCUT2D eigenvalue weighted by Crippen LogP contribution is 2.37. The molecule has 3 heteroatoms. The van der Waals surface area contributed by atoms with E-state index in [0.29, 0.717) is 0 Å². The van der Waals surface area contributed by atoms with Gasteiger partial charge in [-0.25, -0.2) is 0 Å². The Morgan fingerprint density at radius 3 is 2.57 bits per heavy atom. The summed E-state index contributed by atoms with van der Waals surface area (Å²) in [6.07, 6.45) is 3.03. The first kappa shape index (κ1) is 14.9. The van der Waals surface area contributed by atoms with Crippen LogP contribution in [0.2, 0.25) is 0 Å². The van der Waals surface area contributed by atoms with Crippen molar-refractivity contribution in [3.05, 3.63) is 29.3 Å². The average Bonchev–Trinajstić information content (AvgIpc) is 2.46. The fourth-order valence-electron chi connectivity index (χ4n) is 4.24. The van der Waals surface area contributed by atoms with E-state index in [-0.39, 0.29) is 12.1 Å². The van der Waals surface area contributed by atoms with Crippen LogP contribution in [0.1, 0.15) is 43.9 Å². The van der Waals surface area contributed by atoms with Crippen molar-refractivity contribution in [2.24, 2.45) is 11.8 Å². The summed E-state index contributed by atoms with van der Waals surface area (Å²) in [7, 11) is 1.68. The number of ether oxygens (including phenoxy) is 1. The van der Waals surface area contributed by atoms with Crippen molar-refractivity contribution < 1.29 is 9.84 Å². The van der Waals surface area contributed by atoms with Crippen molar-refractivity contribution in [1.29, 1.82) is 0 Å². The molecular formula is C18H27NO2. The fourth-order valence-corrected chi connectivity index (χ4v) is 4.24. The van der Waals surface area contributed by atoms with Crippen LogP contribution in [0, 0.1) is 11.8 Å². The van der Waals surface area contributed by atoms with E-state index in [2.05, 4.69) is 24.8 Å². The zero-order valence-corrected chi connectivity index (χ0v) is 13.4. The van der Waals surface area contributed by atoms with Crippen molar-refractivity contribution in [3.63, 3.8) is 0 Å². The molecule has 0 bridgehead atoms. The third-order valence-electron chi connectivity index (χ3n) is 5.11. The largest absolute Gasteiger partial charge is 0.497 e. The van der Waals surface area contributed by atoms with Crippen molar-refractivity contribution >= 4 is 0 Å². The summed E-state index contributed by atoms with van der Waals surface area (Å²) >= 11 is 0. The number of piperidine rings is 1. The standard InChI is InChI=1S/C18H27NO2/c1-12-8-13(2)11-19(10-12)17-7-5-14-4-6-15(21-3)9-16(14)18(17)20/h4,6,9,12-13,17-18,20H,5,7-8,10-11H2,1-3H3. The van der Waals surface area contributed by atoms with E-state index in [1.165, 1.54) is 12.0 Å². The minimum atomic E-state index is -0.388. The van der Waals surface area contributed by atoms with Crippen LogP contribution in [0.15, 0.2) is 18.2 Å². The Bertz CT molecular complexity index is 492. The summed E-state index contributed by atoms with van der Waals surface area (Å²) in [6.45, 7) is 6.89. The van der Waals surface area contributed by atoms with E-state index in [0.717, 1.165) is 49.1 Å². The van der Waals surface area contributed by atoms with Gasteiger partial charge >= 0.3 is 0 Å². The van der Waals surface area contributed by atoms with Gasteiger partial charge in [-0.2, -0.15) is 0 Å². The van der Waals surface area contributed by atoms with Gasteiger partial charge in [0, 0.05) is 19.1 Å². The first-order valence-corrected chi connectivity index (χ1v) is 8.17. The topological polar surface area (TPSA) is 32.7 Å². The summed E-state index contributed by atoms with van der Waals surface area (Å²) in [5, 5.41) is 10.9. The highest BCUT2D eigenvalue weighted by molar-refractivity contribution is 5.39. The van der Waals surface area contributed by atoms with Crippen molar-refractivity contribution in [1.82, 2.24) is 4.90 Å². The molecule has 1 saturated heterocycles. The van der Waals surface area contributed by atoms with Gasteiger partial charge in [-0.1, -0.05) is 19.9 Å². The lowest BCUT2D eigenvalue weighted by Gasteiger charge is -2.44. The lowest BCUT2D eigenvalue weighted by atomic mass is 9.82. The monoisotopic (exact) mass is 289 g/mol. The van der Waals surface area contributed by atoms with E-state index in [4.69, 9.17) is 4.74 Å². The highest BCUT2D eigenvalue weighted by atomic mass is 16.5. The molecule has 1 heterocycles. The first-order chi connectivity index (χ1) is 10.1. The molecule has 2 aliphatic rings. The number of hydrogen-bond acceptors (Lipinski definition) is 3. The maximum atomic E-state index is 10.9. The molecule has 3 nitrogen and oxygen atoms in total. The number of rotatable bonds is 2. The number of aryl methyl sites for hydroxylation is 1. The molecule has 1 aliphatic carbocycles. The van der Waals surface area contributed by atoms with Gasteiger partial charge in [0.25, 0.3) is 0 Å². The van der Waals surface area contributed by atoms with E-state index in [1.54, 1.807) is 7.11 Å². The minimum Gasteiger partial charge on any atom is -0.497 e. The number of aliphatic hydroxyl groups excluding tert-OH is 1. The number of likely N-dealkylation sites (tertiary alicyclic amines) is 1. The molecule has 1 aromatic carbocycles. The summed E-state index contributed by atoms with van der Waals surface area (Å²) in [6, 6.07) is 6.38. The van der Waals surface area contributed by atoms with E-state index >= 15 is 0 Å². The Morgan fingerprint density at radius 1 is 1.19 bits per heavy atom. The van der Waals surface area contributed by atoms with Crippen LogP contribution in [0.5, 0.6) is 5.75 Å². The molecule has 3 rings (SSSR count). The first-order valence-electron chi connectivity index (χ1n) is 8.17. The smallest absolute Gasteiger partial charge is 0.119 e. The lowest BCUT2D eigenvalue weighted by Crippen LogP contribution is -2.49. The maximum absolute atomic E-state index is 10.9. The number of benzene rings is 1. The van der Waals surface area contributed by atoms with E-state index in [9.17, 15) is 5.11 Å². The second-order valence-electron chi connectivity index (χ2n) is 7.02. The zero-order valence-electron chi connectivity index (χ0n) is 13.4. The Hall–Kier alpha value is -1.06. The Labute approximate surface area is 127 Å². The number of nitrogens with zero attached hydrogens (tertiary/aromatic N) is 1. The molecule has 0 radical (unpaired) electrons. The number of fused-ring (bicyclic) bond motifs is 1. The summed E-state index contributed by atoms with van der Waals surface area (Å²) in [5.74, 6) is 2.30. The van der Waals surface area contributed by atoms with Gasteiger partial charge in [0.1, 0.15) is 5.75 Å². The number of hydrogen-bond donors (Lipinski definition) is 1. The quantitative estimate of drug-likeness (QED) is 0.908. The molecule has 21 heavy (non-hydrogen) atoms. The molecule has 4 atom stereocenters. The third-order valence-corrected chi connectivity index (χ3v) is 5.11. The van der Waals surface area contributed by atoms with Gasteiger partial charge in [-0.3, -0.25) is 4.90 Å². The van der Waals surface area contributed by atoms with Crippen LogP contribution < -0.4 is 4.74 Å². The Kier molecular flexibility index (Phi) is 4.23. The van der Waals surface area contributed by atoms with E-state index < -0.39 is 0 Å². The number of methoxy groups -OCH3 is 1. The molecule has 1 aliphatic heterocycles. The van der Waals surface area contributed by atoms with Crippen LogP contribution in [-0.2, 0) is 6.42 Å². The molecule has 0 aromatic heterocycles. The van der Waals surface area contributed by atoms with Gasteiger partial charge < -0.3 is 9.84 Å².